The Hall–Kier alpha value is -2.22. The first-order chi connectivity index (χ1) is 11.7. The molecule has 0 spiro atoms. The van der Waals surface area contributed by atoms with Crippen molar-refractivity contribution in [1.82, 2.24) is 19.9 Å². The van der Waals surface area contributed by atoms with Crippen LogP contribution in [0.15, 0.2) is 35.3 Å². The van der Waals surface area contributed by atoms with Crippen LogP contribution in [0.2, 0.25) is 0 Å². The molecule has 2 aromatic heterocycles. The lowest BCUT2D eigenvalue weighted by Crippen LogP contribution is -2.38. The molecule has 0 amide bonds. The van der Waals surface area contributed by atoms with Crippen molar-refractivity contribution >= 4 is 32.9 Å². The molecule has 1 saturated heterocycles. The number of imidazole rings is 1. The maximum Gasteiger partial charge on any atom is 0.162 e. The highest BCUT2D eigenvalue weighted by Crippen LogP contribution is 2.30. The van der Waals surface area contributed by atoms with Crippen LogP contribution in [0.1, 0.15) is 12.8 Å². The topological polar surface area (TPSA) is 66.9 Å². The Morgan fingerprint density at radius 1 is 1.21 bits per heavy atom. The van der Waals surface area contributed by atoms with Crippen LogP contribution in [0.5, 0.6) is 5.75 Å². The van der Waals surface area contributed by atoms with Crippen LogP contribution in [-0.4, -0.2) is 39.1 Å². The van der Waals surface area contributed by atoms with Crippen LogP contribution in [0.25, 0.3) is 11.2 Å². The maximum atomic E-state index is 13.4. The van der Waals surface area contributed by atoms with Gasteiger partial charge in [-0.3, -0.25) is 0 Å². The molecule has 1 aliphatic rings. The number of H-pyrrole nitrogens is 1. The normalized spacial score (nSPS) is 15.8. The molecule has 4 rings (SSSR count). The summed E-state index contributed by atoms with van der Waals surface area (Å²) in [7, 11) is 0. The summed E-state index contributed by atoms with van der Waals surface area (Å²) in [6, 6.07) is 4.48. The monoisotopic (exact) mass is 391 g/mol. The number of hydrogen-bond donors (Lipinski definition) is 1. The fourth-order valence-electron chi connectivity index (χ4n) is 2.92. The molecule has 3 heterocycles. The van der Waals surface area contributed by atoms with Crippen molar-refractivity contribution in [1.29, 1.82) is 0 Å². The number of benzene rings is 1. The zero-order valence-electron chi connectivity index (χ0n) is 12.7. The van der Waals surface area contributed by atoms with Crippen molar-refractivity contribution in [3.8, 4) is 5.75 Å². The van der Waals surface area contributed by atoms with Crippen molar-refractivity contribution in [2.45, 2.75) is 18.9 Å². The highest BCUT2D eigenvalue weighted by atomic mass is 79.9. The second-order valence-electron chi connectivity index (χ2n) is 5.68. The van der Waals surface area contributed by atoms with E-state index in [0.717, 1.165) is 47.4 Å². The minimum Gasteiger partial charge on any atom is -0.489 e. The largest absolute Gasteiger partial charge is 0.489 e. The summed E-state index contributed by atoms with van der Waals surface area (Å²) in [6.45, 7) is 1.60. The third-order valence-electron chi connectivity index (χ3n) is 4.13. The van der Waals surface area contributed by atoms with Gasteiger partial charge in [-0.05, 0) is 28.1 Å². The molecular formula is C16H15BrFN5O. The molecule has 0 unspecified atom stereocenters. The van der Waals surface area contributed by atoms with Gasteiger partial charge in [-0.15, -0.1) is 0 Å². The van der Waals surface area contributed by atoms with Crippen LogP contribution < -0.4 is 9.64 Å². The average Bonchev–Trinajstić information content (AvgIpc) is 3.08. The van der Waals surface area contributed by atoms with Crippen LogP contribution in [0, 0.1) is 5.82 Å². The van der Waals surface area contributed by atoms with Gasteiger partial charge in [0.2, 0.25) is 0 Å². The van der Waals surface area contributed by atoms with Gasteiger partial charge in [0.1, 0.15) is 29.5 Å². The Bertz CT molecular complexity index is 863. The van der Waals surface area contributed by atoms with Gasteiger partial charge < -0.3 is 14.6 Å². The zero-order chi connectivity index (χ0) is 16.5. The summed E-state index contributed by atoms with van der Waals surface area (Å²) in [5.74, 6) is 1.09. The van der Waals surface area contributed by atoms with E-state index in [4.69, 9.17) is 4.74 Å². The minimum atomic E-state index is -0.299. The van der Waals surface area contributed by atoms with E-state index in [1.165, 1.54) is 12.1 Å². The Morgan fingerprint density at radius 3 is 2.88 bits per heavy atom. The molecule has 0 saturated carbocycles. The van der Waals surface area contributed by atoms with E-state index in [1.54, 1.807) is 18.7 Å². The fraction of sp³-hybridized carbons (Fsp3) is 0.312. The molecule has 1 aliphatic heterocycles. The van der Waals surface area contributed by atoms with Gasteiger partial charge in [0.15, 0.2) is 11.5 Å². The number of fused-ring (bicyclic) bond motifs is 1. The number of nitrogens with zero attached hydrogens (tertiary/aromatic N) is 4. The van der Waals surface area contributed by atoms with Crippen LogP contribution in [0.4, 0.5) is 10.2 Å². The number of aromatic amines is 1. The van der Waals surface area contributed by atoms with Crippen LogP contribution in [0.3, 0.4) is 0 Å². The second-order valence-corrected chi connectivity index (χ2v) is 6.53. The van der Waals surface area contributed by atoms with Crippen molar-refractivity contribution < 1.29 is 9.13 Å². The van der Waals surface area contributed by atoms with Crippen molar-refractivity contribution in [2.24, 2.45) is 0 Å². The number of piperidine rings is 1. The summed E-state index contributed by atoms with van der Waals surface area (Å²) < 4.78 is 20.1. The predicted molar refractivity (Wildman–Crippen MR) is 91.6 cm³/mol. The third-order valence-corrected chi connectivity index (χ3v) is 4.78. The lowest BCUT2D eigenvalue weighted by Gasteiger charge is -2.33. The zero-order valence-corrected chi connectivity index (χ0v) is 14.3. The summed E-state index contributed by atoms with van der Waals surface area (Å²) in [6.07, 6.45) is 4.89. The van der Waals surface area contributed by atoms with Crippen LogP contribution >= 0.6 is 15.9 Å². The molecule has 0 radical (unpaired) electrons. The average molecular weight is 392 g/mol. The third kappa shape index (κ3) is 2.93. The highest BCUT2D eigenvalue weighted by molar-refractivity contribution is 9.10. The molecular weight excluding hydrogens is 377 g/mol. The number of nitrogens with one attached hydrogen (secondary N) is 1. The van der Waals surface area contributed by atoms with E-state index in [0.29, 0.717) is 5.75 Å². The maximum absolute atomic E-state index is 13.4. The Morgan fingerprint density at radius 2 is 2.04 bits per heavy atom. The number of ether oxygens (including phenoxy) is 1. The van der Waals surface area contributed by atoms with Crippen molar-refractivity contribution in [3.05, 3.63) is 41.1 Å². The van der Waals surface area contributed by atoms with E-state index < -0.39 is 0 Å². The van der Waals surface area contributed by atoms with Gasteiger partial charge in [-0.1, -0.05) is 0 Å². The lowest BCUT2D eigenvalue weighted by atomic mass is 10.1. The Labute approximate surface area is 146 Å². The Kier molecular flexibility index (Phi) is 4.05. The molecule has 1 aromatic carbocycles. The number of anilines is 1. The molecule has 8 heteroatoms. The standard InChI is InChI=1S/C16H15BrFN5O/c17-12-2-1-10(18)7-13(12)24-11-3-5-23(6-4-11)16-14-15(20-8-19-14)21-9-22-16/h1-2,7-9,11H,3-6H2,(H,19,20,21,22). The van der Waals surface area contributed by atoms with Gasteiger partial charge in [0.05, 0.1) is 10.8 Å². The predicted octanol–water partition coefficient (Wildman–Crippen LogP) is 3.30. The first-order valence-electron chi connectivity index (χ1n) is 7.71. The van der Waals surface area contributed by atoms with Gasteiger partial charge in [0, 0.05) is 32.0 Å². The van der Waals surface area contributed by atoms with Crippen molar-refractivity contribution in [2.75, 3.05) is 18.0 Å². The first-order valence-corrected chi connectivity index (χ1v) is 8.51. The number of aromatic nitrogens is 4. The molecule has 1 N–H and O–H groups in total. The van der Waals surface area contributed by atoms with Gasteiger partial charge in [-0.2, -0.15) is 0 Å². The van der Waals surface area contributed by atoms with Crippen LogP contribution in [-0.2, 0) is 0 Å². The molecule has 0 aliphatic carbocycles. The number of rotatable bonds is 3. The number of hydrogen-bond acceptors (Lipinski definition) is 5. The molecule has 6 nitrogen and oxygen atoms in total. The van der Waals surface area contributed by atoms with E-state index in [1.807, 2.05) is 0 Å². The van der Waals surface area contributed by atoms with E-state index in [9.17, 15) is 4.39 Å². The van der Waals surface area contributed by atoms with Gasteiger partial charge in [-0.25, -0.2) is 19.3 Å². The van der Waals surface area contributed by atoms with E-state index in [-0.39, 0.29) is 11.9 Å². The van der Waals surface area contributed by atoms with Gasteiger partial charge in [0.25, 0.3) is 0 Å². The lowest BCUT2D eigenvalue weighted by molar-refractivity contribution is 0.169. The second kappa shape index (κ2) is 6.35. The highest BCUT2D eigenvalue weighted by Gasteiger charge is 2.24. The first kappa shape index (κ1) is 15.3. The Balaban J connectivity index is 1.45. The van der Waals surface area contributed by atoms with E-state index in [2.05, 4.69) is 40.8 Å². The quantitative estimate of drug-likeness (QED) is 0.741. The fourth-order valence-corrected chi connectivity index (χ4v) is 3.26. The van der Waals surface area contributed by atoms with Gasteiger partial charge >= 0.3 is 0 Å². The SMILES string of the molecule is Fc1ccc(Br)c(OC2CCN(c3ncnc4[nH]cnc34)CC2)c1. The van der Waals surface area contributed by atoms with Crippen molar-refractivity contribution in [3.63, 3.8) is 0 Å². The minimum absolute atomic E-state index is 0.0517. The summed E-state index contributed by atoms with van der Waals surface area (Å²) >= 11 is 3.40. The smallest absolute Gasteiger partial charge is 0.162 e. The molecule has 3 aromatic rings. The molecule has 1 fully saturated rings. The number of halogens is 2. The summed E-state index contributed by atoms with van der Waals surface area (Å²) in [5, 5.41) is 0. The molecule has 0 atom stereocenters. The molecule has 124 valence electrons. The molecule has 24 heavy (non-hydrogen) atoms. The summed E-state index contributed by atoms with van der Waals surface area (Å²) in [4.78, 5) is 18.0. The van der Waals surface area contributed by atoms with E-state index >= 15 is 0 Å². The summed E-state index contributed by atoms with van der Waals surface area (Å²) in [5.41, 5.74) is 1.52. The molecule has 0 bridgehead atoms.